The van der Waals surface area contributed by atoms with Crippen molar-refractivity contribution in [3.8, 4) is 0 Å². The van der Waals surface area contributed by atoms with Gasteiger partial charge < -0.3 is 4.98 Å². The van der Waals surface area contributed by atoms with Gasteiger partial charge in [-0.25, -0.2) is 13.4 Å². The molecule has 148 valence electrons. The van der Waals surface area contributed by atoms with Gasteiger partial charge in [-0.3, -0.25) is 9.52 Å². The lowest BCUT2D eigenvalue weighted by molar-refractivity contribution is 0.103. The van der Waals surface area contributed by atoms with E-state index in [0.29, 0.717) is 28.9 Å². The minimum atomic E-state index is -3.36. The molecule has 3 aromatic rings. The Morgan fingerprint density at radius 2 is 1.97 bits per heavy atom. The fraction of sp³-hybridized carbons (Fsp3) is 0.182. The van der Waals surface area contributed by atoms with Gasteiger partial charge in [-0.1, -0.05) is 30.3 Å². The molecule has 0 amide bonds. The number of allylic oxidation sites excluding steroid dienone is 3. The number of pyridine rings is 1. The van der Waals surface area contributed by atoms with E-state index in [9.17, 15) is 13.2 Å². The van der Waals surface area contributed by atoms with Gasteiger partial charge in [0.05, 0.1) is 11.8 Å². The number of fused-ring (bicyclic) bond motifs is 1. The number of nitrogens with zero attached hydrogens (tertiary/aromatic N) is 1. The molecule has 0 spiro atoms. The summed E-state index contributed by atoms with van der Waals surface area (Å²) in [7, 11) is -3.36. The normalized spacial score (nSPS) is 14.4. The fourth-order valence-corrected chi connectivity index (χ4v) is 4.25. The zero-order valence-corrected chi connectivity index (χ0v) is 17.0. The molecule has 7 heteroatoms. The van der Waals surface area contributed by atoms with Crippen molar-refractivity contribution in [2.45, 2.75) is 19.8 Å². The molecule has 2 aromatic heterocycles. The molecule has 0 atom stereocenters. The summed E-state index contributed by atoms with van der Waals surface area (Å²) in [6.45, 7) is 1.92. The van der Waals surface area contributed by atoms with Crippen LogP contribution < -0.4 is 4.72 Å². The molecular weight excluding hydrogens is 386 g/mol. The van der Waals surface area contributed by atoms with Gasteiger partial charge in [-0.15, -0.1) is 0 Å². The first kappa shape index (κ1) is 19.1. The Morgan fingerprint density at radius 1 is 1.17 bits per heavy atom. The average molecular weight is 407 g/mol. The van der Waals surface area contributed by atoms with E-state index in [4.69, 9.17) is 0 Å². The first-order valence-electron chi connectivity index (χ1n) is 9.29. The largest absolute Gasteiger partial charge is 0.345 e. The van der Waals surface area contributed by atoms with Crippen molar-refractivity contribution in [1.82, 2.24) is 14.7 Å². The molecule has 1 aliphatic carbocycles. The number of aromatic amines is 1. The Balaban J connectivity index is 1.83. The highest BCUT2D eigenvalue weighted by Crippen LogP contribution is 2.33. The third-order valence-electron chi connectivity index (χ3n) is 4.96. The van der Waals surface area contributed by atoms with E-state index in [1.54, 1.807) is 12.4 Å². The number of hydrogen-bond acceptors (Lipinski definition) is 4. The second-order valence-corrected chi connectivity index (χ2v) is 8.92. The van der Waals surface area contributed by atoms with Crippen LogP contribution in [0.3, 0.4) is 0 Å². The number of H-pyrrole nitrogens is 1. The van der Waals surface area contributed by atoms with Crippen molar-refractivity contribution in [3.05, 3.63) is 82.8 Å². The first-order valence-corrected chi connectivity index (χ1v) is 11.2. The lowest BCUT2D eigenvalue weighted by Gasteiger charge is -2.16. The molecule has 0 saturated heterocycles. The van der Waals surface area contributed by atoms with E-state index in [0.717, 1.165) is 34.8 Å². The molecule has 0 aliphatic heterocycles. The Labute approximate surface area is 169 Å². The van der Waals surface area contributed by atoms with Crippen LogP contribution in [0, 0.1) is 6.92 Å². The number of carbonyl (C=O) groups excluding carboxylic acids is 1. The van der Waals surface area contributed by atoms with Crippen LogP contribution in [0.25, 0.3) is 16.6 Å². The second-order valence-electron chi connectivity index (χ2n) is 7.17. The van der Waals surface area contributed by atoms with Gasteiger partial charge in [0.25, 0.3) is 0 Å². The van der Waals surface area contributed by atoms with Gasteiger partial charge in [0.2, 0.25) is 10.0 Å². The average Bonchev–Trinajstić information content (AvgIpc) is 3.11. The molecule has 0 fully saturated rings. The predicted molar refractivity (Wildman–Crippen MR) is 114 cm³/mol. The third-order valence-corrected chi connectivity index (χ3v) is 5.57. The third kappa shape index (κ3) is 3.86. The first-order chi connectivity index (χ1) is 13.8. The number of aryl methyl sites for hydroxylation is 1. The second kappa shape index (κ2) is 7.33. The SMILES string of the molecule is Cc1ccccc1C(=O)c1c[nH]c2nccc(C3=CC(NS(C)(=O)=O)=CCC3)c12. The van der Waals surface area contributed by atoms with Crippen LogP contribution in [-0.4, -0.2) is 30.4 Å². The molecule has 6 nitrogen and oxygen atoms in total. The van der Waals surface area contributed by atoms with Gasteiger partial charge in [-0.05, 0) is 48.6 Å². The standard InChI is InChI=1S/C22H21N3O3S/c1-14-6-3-4-9-17(14)21(26)19-13-24-22-20(19)18(10-11-23-22)15-7-5-8-16(12-15)25-29(2,27)28/h3-4,6,8-13,25H,5,7H2,1-2H3,(H,23,24). The van der Waals surface area contributed by atoms with Crippen LogP contribution in [0.1, 0.15) is 39.9 Å². The maximum atomic E-state index is 13.3. The summed E-state index contributed by atoms with van der Waals surface area (Å²) in [5.41, 5.74) is 5.15. The van der Waals surface area contributed by atoms with Crippen LogP contribution in [0.4, 0.5) is 0 Å². The summed E-state index contributed by atoms with van der Waals surface area (Å²) in [6, 6.07) is 9.37. The Kier molecular flexibility index (Phi) is 4.84. The van der Waals surface area contributed by atoms with Gasteiger partial charge in [0, 0.05) is 29.0 Å². The van der Waals surface area contributed by atoms with E-state index < -0.39 is 10.0 Å². The lowest BCUT2D eigenvalue weighted by atomic mass is 9.91. The van der Waals surface area contributed by atoms with Crippen LogP contribution in [-0.2, 0) is 10.0 Å². The van der Waals surface area contributed by atoms with Crippen molar-refractivity contribution in [1.29, 1.82) is 0 Å². The van der Waals surface area contributed by atoms with Crippen LogP contribution in [0.2, 0.25) is 0 Å². The van der Waals surface area contributed by atoms with E-state index in [1.165, 1.54) is 0 Å². The Hall–Kier alpha value is -3.19. The van der Waals surface area contributed by atoms with Gasteiger partial charge in [0.1, 0.15) is 5.65 Å². The predicted octanol–water partition coefficient (Wildman–Crippen LogP) is 3.71. The summed E-state index contributed by atoms with van der Waals surface area (Å²) < 4.78 is 25.7. The fourth-order valence-electron chi connectivity index (χ4n) is 3.68. The molecular formula is C22H21N3O3S. The molecule has 29 heavy (non-hydrogen) atoms. The number of carbonyl (C=O) groups is 1. The highest BCUT2D eigenvalue weighted by atomic mass is 32.2. The lowest BCUT2D eigenvalue weighted by Crippen LogP contribution is -2.21. The number of nitrogens with one attached hydrogen (secondary N) is 2. The topological polar surface area (TPSA) is 91.9 Å². The highest BCUT2D eigenvalue weighted by Gasteiger charge is 2.21. The van der Waals surface area contributed by atoms with Crippen molar-refractivity contribution in [2.24, 2.45) is 0 Å². The van der Waals surface area contributed by atoms with Crippen LogP contribution in [0.15, 0.2) is 60.6 Å². The maximum Gasteiger partial charge on any atom is 0.229 e. The number of benzene rings is 1. The number of sulfonamides is 1. The molecule has 1 aliphatic rings. The zero-order valence-electron chi connectivity index (χ0n) is 16.2. The summed E-state index contributed by atoms with van der Waals surface area (Å²) >= 11 is 0. The van der Waals surface area contributed by atoms with Crippen LogP contribution in [0.5, 0.6) is 0 Å². The smallest absolute Gasteiger partial charge is 0.229 e. The minimum Gasteiger partial charge on any atom is -0.345 e. The number of rotatable bonds is 5. The minimum absolute atomic E-state index is 0.0648. The molecule has 4 rings (SSSR count). The molecule has 2 N–H and O–H groups in total. The number of aromatic nitrogens is 2. The monoisotopic (exact) mass is 407 g/mol. The van der Waals surface area contributed by atoms with Crippen LogP contribution >= 0.6 is 0 Å². The number of ketones is 1. The van der Waals surface area contributed by atoms with Gasteiger partial charge in [0.15, 0.2) is 5.78 Å². The van der Waals surface area contributed by atoms with Crippen molar-refractivity contribution < 1.29 is 13.2 Å². The molecule has 0 radical (unpaired) electrons. The van der Waals surface area contributed by atoms with Crippen molar-refractivity contribution >= 4 is 32.4 Å². The summed E-state index contributed by atoms with van der Waals surface area (Å²) in [5.74, 6) is -0.0648. The number of hydrogen-bond donors (Lipinski definition) is 2. The molecule has 1 aromatic carbocycles. The van der Waals surface area contributed by atoms with Crippen molar-refractivity contribution in [3.63, 3.8) is 0 Å². The van der Waals surface area contributed by atoms with Crippen molar-refractivity contribution in [2.75, 3.05) is 6.26 Å². The quantitative estimate of drug-likeness (QED) is 0.631. The van der Waals surface area contributed by atoms with E-state index in [-0.39, 0.29) is 5.78 Å². The molecule has 2 heterocycles. The van der Waals surface area contributed by atoms with E-state index in [1.807, 2.05) is 49.4 Å². The van der Waals surface area contributed by atoms with E-state index in [2.05, 4.69) is 14.7 Å². The molecule has 0 unspecified atom stereocenters. The summed E-state index contributed by atoms with van der Waals surface area (Å²) in [4.78, 5) is 20.7. The summed E-state index contributed by atoms with van der Waals surface area (Å²) in [6.07, 6.45) is 9.67. The van der Waals surface area contributed by atoms with Gasteiger partial charge in [-0.2, -0.15) is 0 Å². The maximum absolute atomic E-state index is 13.3. The zero-order chi connectivity index (χ0) is 20.6. The molecule has 0 saturated carbocycles. The highest BCUT2D eigenvalue weighted by molar-refractivity contribution is 7.88. The molecule has 0 bridgehead atoms. The Bertz CT molecular complexity index is 1280. The van der Waals surface area contributed by atoms with E-state index >= 15 is 0 Å². The Morgan fingerprint density at radius 3 is 2.72 bits per heavy atom. The summed E-state index contributed by atoms with van der Waals surface area (Å²) in [5, 5.41) is 0.757. The van der Waals surface area contributed by atoms with Gasteiger partial charge >= 0.3 is 0 Å².